The van der Waals surface area contributed by atoms with Gasteiger partial charge in [0.05, 0.1) is 29.5 Å². The van der Waals surface area contributed by atoms with Crippen molar-refractivity contribution in [1.82, 2.24) is 19.8 Å². The second-order valence-electron chi connectivity index (χ2n) is 10.7. The molecule has 2 aromatic rings. The van der Waals surface area contributed by atoms with E-state index in [1.165, 1.54) is 0 Å². The van der Waals surface area contributed by atoms with E-state index >= 15 is 0 Å². The number of likely N-dealkylation sites (tertiary alicyclic amines) is 1. The molecule has 0 N–H and O–H groups in total. The Hall–Kier alpha value is -3.73. The number of hydrogen-bond acceptors (Lipinski definition) is 6. The highest BCUT2D eigenvalue weighted by Crippen LogP contribution is 2.45. The summed E-state index contributed by atoms with van der Waals surface area (Å²) in [6.07, 6.45) is 9.32. The fourth-order valence-electron chi connectivity index (χ4n) is 5.79. The van der Waals surface area contributed by atoms with Crippen LogP contribution in [-0.2, 0) is 9.59 Å². The van der Waals surface area contributed by atoms with Gasteiger partial charge in [-0.2, -0.15) is 5.26 Å². The Kier molecular flexibility index (Phi) is 6.15. The van der Waals surface area contributed by atoms with Crippen molar-refractivity contribution in [3.8, 4) is 17.2 Å². The first-order valence-electron chi connectivity index (χ1n) is 13.4. The summed E-state index contributed by atoms with van der Waals surface area (Å²) in [5.74, 6) is 1.74. The molecule has 8 nitrogen and oxygen atoms in total. The van der Waals surface area contributed by atoms with E-state index in [0.717, 1.165) is 60.4 Å². The van der Waals surface area contributed by atoms with Crippen LogP contribution in [0.3, 0.4) is 0 Å². The Labute approximate surface area is 217 Å². The molecule has 0 spiro atoms. The van der Waals surface area contributed by atoms with E-state index < -0.39 is 0 Å². The van der Waals surface area contributed by atoms with Crippen LogP contribution < -0.4 is 4.90 Å². The van der Waals surface area contributed by atoms with Crippen molar-refractivity contribution in [3.05, 3.63) is 47.9 Å². The minimum atomic E-state index is 0.0463. The lowest BCUT2D eigenvalue weighted by molar-refractivity contribution is -0.140. The first-order chi connectivity index (χ1) is 18.1. The van der Waals surface area contributed by atoms with Gasteiger partial charge >= 0.3 is 0 Å². The molecule has 8 heteroatoms. The topological polar surface area (TPSA) is 93.4 Å². The Morgan fingerprint density at radius 1 is 1.19 bits per heavy atom. The van der Waals surface area contributed by atoms with Crippen LogP contribution in [0.1, 0.15) is 61.4 Å². The lowest BCUT2D eigenvalue weighted by Gasteiger charge is -2.43. The summed E-state index contributed by atoms with van der Waals surface area (Å²) >= 11 is 0. The Bertz CT molecular complexity index is 1290. The predicted molar refractivity (Wildman–Crippen MR) is 141 cm³/mol. The van der Waals surface area contributed by atoms with E-state index in [1.54, 1.807) is 17.2 Å². The molecule has 6 rings (SSSR count). The zero-order valence-corrected chi connectivity index (χ0v) is 21.1. The number of nitriles is 1. The van der Waals surface area contributed by atoms with E-state index in [4.69, 9.17) is 4.98 Å². The summed E-state index contributed by atoms with van der Waals surface area (Å²) in [6.45, 7) is 6.58. The molecule has 0 aromatic carbocycles. The standard InChI is InChI=1S/C29H32N6O2/c1-2-23-14-21(9-10-31-23)24-15-22(16-30)29(32-28(24)20-7-8-20)34-12-13-35(25(17-34)19-5-6-19)27(37)18-33-11-3-4-26(33)36/h2,9-10,14-15,19-20,25H,1,3-8,11-13,17-18H2. The molecule has 37 heavy (non-hydrogen) atoms. The molecule has 2 amide bonds. The second kappa shape index (κ2) is 9.62. The van der Waals surface area contributed by atoms with Crippen LogP contribution >= 0.6 is 0 Å². The van der Waals surface area contributed by atoms with E-state index in [1.807, 2.05) is 23.1 Å². The Morgan fingerprint density at radius 2 is 2.03 bits per heavy atom. The van der Waals surface area contributed by atoms with Crippen LogP contribution in [0, 0.1) is 17.2 Å². The van der Waals surface area contributed by atoms with Gasteiger partial charge in [0.25, 0.3) is 0 Å². The molecule has 4 fully saturated rings. The molecule has 0 bridgehead atoms. The SMILES string of the molecule is C=Cc1cc(-c2cc(C#N)c(N3CCN(C(=O)CN4CCCC4=O)C(C4CC4)C3)nc2C2CC2)ccn1. The summed E-state index contributed by atoms with van der Waals surface area (Å²) in [6, 6.07) is 8.44. The zero-order valence-electron chi connectivity index (χ0n) is 21.1. The summed E-state index contributed by atoms with van der Waals surface area (Å²) in [4.78, 5) is 40.7. The van der Waals surface area contributed by atoms with Gasteiger partial charge in [-0.1, -0.05) is 6.58 Å². The van der Waals surface area contributed by atoms with Gasteiger partial charge in [-0.25, -0.2) is 4.98 Å². The molecule has 2 aliphatic carbocycles. The highest BCUT2D eigenvalue weighted by Gasteiger charge is 2.42. The zero-order chi connectivity index (χ0) is 25.5. The number of carbonyl (C=O) groups excluding carboxylic acids is 2. The molecule has 4 aliphatic rings. The molecule has 2 saturated heterocycles. The van der Waals surface area contributed by atoms with Crippen LogP contribution in [0.5, 0.6) is 0 Å². The van der Waals surface area contributed by atoms with Gasteiger partial charge in [0, 0.05) is 50.3 Å². The number of piperazine rings is 1. The minimum absolute atomic E-state index is 0.0463. The highest BCUT2D eigenvalue weighted by atomic mass is 16.2. The molecule has 1 unspecified atom stereocenters. The van der Waals surface area contributed by atoms with Crippen molar-refractivity contribution in [3.63, 3.8) is 0 Å². The third-order valence-electron chi connectivity index (χ3n) is 8.12. The minimum Gasteiger partial charge on any atom is -0.352 e. The van der Waals surface area contributed by atoms with Gasteiger partial charge in [-0.3, -0.25) is 14.6 Å². The van der Waals surface area contributed by atoms with Crippen molar-refractivity contribution in [1.29, 1.82) is 5.26 Å². The number of nitrogens with zero attached hydrogens (tertiary/aromatic N) is 6. The third kappa shape index (κ3) is 4.71. The third-order valence-corrected chi connectivity index (χ3v) is 8.12. The summed E-state index contributed by atoms with van der Waals surface area (Å²) in [5, 5.41) is 10.1. The lowest BCUT2D eigenvalue weighted by Crippen LogP contribution is -2.58. The van der Waals surface area contributed by atoms with E-state index in [9.17, 15) is 14.9 Å². The van der Waals surface area contributed by atoms with Gasteiger partial charge in [-0.05, 0) is 67.9 Å². The van der Waals surface area contributed by atoms with Gasteiger partial charge in [0.2, 0.25) is 11.8 Å². The van der Waals surface area contributed by atoms with Gasteiger partial charge in [0.15, 0.2) is 0 Å². The first-order valence-corrected chi connectivity index (χ1v) is 13.4. The van der Waals surface area contributed by atoms with Crippen molar-refractivity contribution in [2.24, 2.45) is 5.92 Å². The molecular weight excluding hydrogens is 464 g/mol. The summed E-state index contributed by atoms with van der Waals surface area (Å²) in [7, 11) is 0. The first kappa shape index (κ1) is 23.7. The Morgan fingerprint density at radius 3 is 2.70 bits per heavy atom. The quantitative estimate of drug-likeness (QED) is 0.582. The van der Waals surface area contributed by atoms with Crippen molar-refractivity contribution in [2.45, 2.75) is 50.5 Å². The number of amides is 2. The normalized spacial score (nSPS) is 21.8. The van der Waals surface area contributed by atoms with Crippen LogP contribution in [0.4, 0.5) is 5.82 Å². The average molecular weight is 497 g/mol. The summed E-state index contributed by atoms with van der Waals surface area (Å²) in [5.41, 5.74) is 4.41. The second-order valence-corrected chi connectivity index (χ2v) is 10.7. The molecule has 2 aliphatic heterocycles. The predicted octanol–water partition coefficient (Wildman–Crippen LogP) is 3.59. The number of carbonyl (C=O) groups is 2. The summed E-state index contributed by atoms with van der Waals surface area (Å²) < 4.78 is 0. The molecule has 4 heterocycles. The van der Waals surface area contributed by atoms with E-state index in [-0.39, 0.29) is 24.4 Å². The van der Waals surface area contributed by atoms with Crippen LogP contribution in [-0.4, -0.2) is 70.3 Å². The maximum absolute atomic E-state index is 13.2. The van der Waals surface area contributed by atoms with E-state index in [0.29, 0.717) is 50.0 Å². The van der Waals surface area contributed by atoms with Crippen molar-refractivity contribution >= 4 is 23.7 Å². The molecule has 0 radical (unpaired) electrons. The van der Waals surface area contributed by atoms with Gasteiger partial charge in [0.1, 0.15) is 11.9 Å². The molecular formula is C29H32N6O2. The Balaban J connectivity index is 1.28. The lowest BCUT2D eigenvalue weighted by atomic mass is 9.98. The van der Waals surface area contributed by atoms with Crippen molar-refractivity contribution < 1.29 is 9.59 Å². The number of aromatic nitrogens is 2. The van der Waals surface area contributed by atoms with Gasteiger partial charge in [-0.15, -0.1) is 0 Å². The smallest absolute Gasteiger partial charge is 0.242 e. The number of rotatable bonds is 7. The molecule has 1 atom stereocenters. The maximum Gasteiger partial charge on any atom is 0.242 e. The fraction of sp³-hybridized carbons (Fsp3) is 0.483. The molecule has 190 valence electrons. The molecule has 2 aromatic heterocycles. The van der Waals surface area contributed by atoms with Crippen LogP contribution in [0.15, 0.2) is 31.0 Å². The van der Waals surface area contributed by atoms with Crippen LogP contribution in [0.2, 0.25) is 0 Å². The van der Waals surface area contributed by atoms with Crippen LogP contribution in [0.25, 0.3) is 17.2 Å². The number of anilines is 1. The monoisotopic (exact) mass is 496 g/mol. The van der Waals surface area contributed by atoms with Gasteiger partial charge < -0.3 is 14.7 Å². The number of hydrogen-bond donors (Lipinski definition) is 0. The molecule has 2 saturated carbocycles. The van der Waals surface area contributed by atoms with E-state index in [2.05, 4.69) is 22.5 Å². The van der Waals surface area contributed by atoms with Crippen molar-refractivity contribution in [2.75, 3.05) is 37.6 Å². The fourth-order valence-corrected chi connectivity index (χ4v) is 5.79. The number of pyridine rings is 2. The largest absolute Gasteiger partial charge is 0.352 e. The average Bonchev–Trinajstić information content (AvgIpc) is 3.86. The highest BCUT2D eigenvalue weighted by molar-refractivity contribution is 5.86. The maximum atomic E-state index is 13.2.